The molecule has 3 heterocycles. The van der Waals surface area contributed by atoms with Crippen molar-refractivity contribution < 1.29 is 18.1 Å². The summed E-state index contributed by atoms with van der Waals surface area (Å²) in [5, 5.41) is 0.760. The monoisotopic (exact) mass is 478 g/mol. The lowest BCUT2D eigenvalue weighted by atomic mass is 10.1. The molecule has 0 N–H and O–H groups in total. The smallest absolute Gasteiger partial charge is 0.254 e. The van der Waals surface area contributed by atoms with E-state index in [1.165, 1.54) is 6.07 Å². The number of ether oxygens (including phenoxy) is 1. The first-order valence-electron chi connectivity index (χ1n) is 10.8. The number of methoxy groups -OCH3 is 1. The number of halogens is 1. The summed E-state index contributed by atoms with van der Waals surface area (Å²) in [6.45, 7) is 1.19. The Balaban J connectivity index is 1.55. The molecular formula is C25H23FN4O3S. The summed E-state index contributed by atoms with van der Waals surface area (Å²) in [5.74, 6) is -0.0918. The lowest BCUT2D eigenvalue weighted by molar-refractivity contribution is 0.0724. The van der Waals surface area contributed by atoms with Crippen molar-refractivity contribution in [1.29, 1.82) is 0 Å². The van der Waals surface area contributed by atoms with Crippen LogP contribution in [0.1, 0.15) is 16.8 Å². The van der Waals surface area contributed by atoms with Crippen LogP contribution < -0.4 is 0 Å². The first-order valence-corrected chi connectivity index (χ1v) is 12.4. The Morgan fingerprint density at radius 3 is 2.62 bits per heavy atom. The second kappa shape index (κ2) is 9.08. The van der Waals surface area contributed by atoms with Gasteiger partial charge in [0.25, 0.3) is 5.91 Å². The van der Waals surface area contributed by atoms with Gasteiger partial charge in [0.2, 0.25) is 5.95 Å². The molecule has 7 nitrogen and oxygen atoms in total. The zero-order valence-electron chi connectivity index (χ0n) is 18.8. The maximum absolute atomic E-state index is 14.2. The van der Waals surface area contributed by atoms with Crippen LogP contribution in [-0.4, -0.2) is 62.1 Å². The molecule has 2 aromatic heterocycles. The fraction of sp³-hybridized carbons (Fsp3) is 0.240. The Kier molecular flexibility index (Phi) is 5.97. The number of hydrogen-bond acceptors (Lipinski definition) is 5. The molecule has 1 fully saturated rings. The number of aromatic nitrogens is 3. The van der Waals surface area contributed by atoms with E-state index in [1.807, 2.05) is 6.07 Å². The standard InChI is InChI=1S/C25H23FN4O3S/c1-33-18-9-10-29(14-18)24(31)16-7-8-20-22(11-16)30(15-23(20)34(2)32)25-27-12-17(13-28-25)19-5-3-4-6-21(19)26/h3-8,11-13,15,18H,9-10,14H2,1-2H3/t18-,34?/m1/s1. The molecule has 9 heteroatoms. The predicted molar refractivity (Wildman–Crippen MR) is 128 cm³/mol. The molecule has 34 heavy (non-hydrogen) atoms. The maximum atomic E-state index is 14.2. The quantitative estimate of drug-likeness (QED) is 0.436. The maximum Gasteiger partial charge on any atom is 0.254 e. The Hall–Kier alpha value is -3.43. The van der Waals surface area contributed by atoms with Gasteiger partial charge >= 0.3 is 0 Å². The second-order valence-electron chi connectivity index (χ2n) is 8.20. The lowest BCUT2D eigenvalue weighted by Crippen LogP contribution is -2.29. The van der Waals surface area contributed by atoms with Crippen LogP contribution in [-0.2, 0) is 15.5 Å². The lowest BCUT2D eigenvalue weighted by Gasteiger charge is -2.16. The highest BCUT2D eigenvalue weighted by molar-refractivity contribution is 7.84. The summed E-state index contributed by atoms with van der Waals surface area (Å²) in [5.41, 5.74) is 2.17. The molecule has 0 bridgehead atoms. The van der Waals surface area contributed by atoms with Crippen molar-refractivity contribution in [1.82, 2.24) is 19.4 Å². The van der Waals surface area contributed by atoms with E-state index in [0.717, 1.165) is 11.8 Å². The molecule has 0 saturated carbocycles. The summed E-state index contributed by atoms with van der Waals surface area (Å²) in [4.78, 5) is 24.4. The van der Waals surface area contributed by atoms with Crippen LogP contribution in [0.3, 0.4) is 0 Å². The van der Waals surface area contributed by atoms with Crippen LogP contribution in [0.2, 0.25) is 0 Å². The molecule has 0 radical (unpaired) electrons. The van der Waals surface area contributed by atoms with Gasteiger partial charge in [-0.15, -0.1) is 0 Å². The van der Waals surface area contributed by atoms with Gasteiger partial charge in [-0.25, -0.2) is 14.4 Å². The molecule has 0 spiro atoms. The van der Waals surface area contributed by atoms with Gasteiger partial charge in [0.1, 0.15) is 5.82 Å². The number of nitrogens with zero attached hydrogens (tertiary/aromatic N) is 4. The third-order valence-electron chi connectivity index (χ3n) is 6.13. The number of hydrogen-bond donors (Lipinski definition) is 0. The Labute approximate surface area is 198 Å². The summed E-state index contributed by atoms with van der Waals surface area (Å²) in [7, 11) is 0.397. The molecule has 1 amide bonds. The van der Waals surface area contributed by atoms with E-state index >= 15 is 0 Å². The first kappa shape index (κ1) is 22.4. The molecule has 2 atom stereocenters. The predicted octanol–water partition coefficient (Wildman–Crippen LogP) is 3.82. The minimum absolute atomic E-state index is 0.0482. The van der Waals surface area contributed by atoms with Gasteiger partial charge in [-0.05, 0) is 24.6 Å². The van der Waals surface area contributed by atoms with Crippen LogP contribution in [0.5, 0.6) is 0 Å². The van der Waals surface area contributed by atoms with Gasteiger partial charge in [0, 0.05) is 67.1 Å². The Morgan fingerprint density at radius 1 is 1.18 bits per heavy atom. The molecule has 5 rings (SSSR count). The van der Waals surface area contributed by atoms with Crippen LogP contribution in [0, 0.1) is 5.82 Å². The molecule has 2 aromatic carbocycles. The van der Waals surface area contributed by atoms with Crippen molar-refractivity contribution in [3.05, 3.63) is 72.4 Å². The van der Waals surface area contributed by atoms with Gasteiger partial charge < -0.3 is 9.64 Å². The van der Waals surface area contributed by atoms with Crippen LogP contribution in [0.25, 0.3) is 28.0 Å². The number of fused-ring (bicyclic) bond motifs is 1. The van der Waals surface area contributed by atoms with E-state index in [-0.39, 0.29) is 17.8 Å². The molecule has 1 unspecified atom stereocenters. The van der Waals surface area contributed by atoms with E-state index in [0.29, 0.717) is 46.1 Å². The van der Waals surface area contributed by atoms with Gasteiger partial charge in [-0.3, -0.25) is 13.6 Å². The molecular weight excluding hydrogens is 455 g/mol. The fourth-order valence-corrected chi connectivity index (χ4v) is 5.03. The molecule has 1 saturated heterocycles. The minimum Gasteiger partial charge on any atom is -0.380 e. The minimum atomic E-state index is -1.26. The summed E-state index contributed by atoms with van der Waals surface area (Å²) in [6.07, 6.45) is 7.30. The van der Waals surface area contributed by atoms with Crippen molar-refractivity contribution in [2.75, 3.05) is 26.5 Å². The first-order chi connectivity index (χ1) is 16.5. The zero-order valence-corrected chi connectivity index (χ0v) is 19.6. The largest absolute Gasteiger partial charge is 0.380 e. The number of rotatable bonds is 5. The highest BCUT2D eigenvalue weighted by Gasteiger charge is 2.27. The SMILES string of the molecule is CO[C@@H]1CCN(C(=O)c2ccc3c(S(C)=O)cn(-c4ncc(-c5ccccc5F)cn4)c3c2)C1. The van der Waals surface area contributed by atoms with E-state index in [4.69, 9.17) is 4.74 Å². The normalized spacial score (nSPS) is 16.8. The molecule has 174 valence electrons. The number of benzene rings is 2. The second-order valence-corrected chi connectivity index (χ2v) is 9.55. The number of carbonyl (C=O) groups is 1. The third kappa shape index (κ3) is 4.01. The van der Waals surface area contributed by atoms with Gasteiger partial charge in [0.05, 0.1) is 27.3 Å². The number of carbonyl (C=O) groups excluding carboxylic acids is 1. The summed E-state index contributed by atoms with van der Waals surface area (Å²) >= 11 is 0. The fourth-order valence-electron chi connectivity index (χ4n) is 4.29. The van der Waals surface area contributed by atoms with Crippen LogP contribution >= 0.6 is 0 Å². The average molecular weight is 479 g/mol. The van der Waals surface area contributed by atoms with Crippen molar-refractivity contribution in [3.8, 4) is 17.1 Å². The highest BCUT2D eigenvalue weighted by atomic mass is 32.2. The zero-order chi connectivity index (χ0) is 23.8. The highest BCUT2D eigenvalue weighted by Crippen LogP contribution is 2.29. The average Bonchev–Trinajstić information content (AvgIpc) is 3.49. The Bertz CT molecular complexity index is 1400. The van der Waals surface area contributed by atoms with Crippen molar-refractivity contribution in [2.24, 2.45) is 0 Å². The molecule has 1 aliphatic rings. The Morgan fingerprint density at radius 2 is 1.94 bits per heavy atom. The topological polar surface area (TPSA) is 77.3 Å². The third-order valence-corrected chi connectivity index (χ3v) is 7.07. The van der Waals surface area contributed by atoms with Gasteiger partial charge in [-0.1, -0.05) is 24.3 Å². The number of likely N-dealkylation sites (tertiary alicyclic amines) is 1. The summed E-state index contributed by atoms with van der Waals surface area (Å²) in [6, 6.07) is 11.8. The van der Waals surface area contributed by atoms with Crippen molar-refractivity contribution >= 4 is 27.6 Å². The molecule has 1 aliphatic heterocycles. The molecule has 4 aromatic rings. The van der Waals surface area contributed by atoms with Crippen LogP contribution in [0.4, 0.5) is 4.39 Å². The van der Waals surface area contributed by atoms with Crippen LogP contribution in [0.15, 0.2) is 66.0 Å². The van der Waals surface area contributed by atoms with E-state index in [9.17, 15) is 13.4 Å². The summed E-state index contributed by atoms with van der Waals surface area (Å²) < 4.78 is 33.7. The van der Waals surface area contributed by atoms with Gasteiger partial charge in [-0.2, -0.15) is 0 Å². The van der Waals surface area contributed by atoms with E-state index < -0.39 is 10.8 Å². The molecule has 0 aliphatic carbocycles. The van der Waals surface area contributed by atoms with E-state index in [2.05, 4.69) is 9.97 Å². The number of amides is 1. The van der Waals surface area contributed by atoms with E-state index in [1.54, 1.807) is 71.8 Å². The van der Waals surface area contributed by atoms with Crippen molar-refractivity contribution in [2.45, 2.75) is 17.4 Å². The van der Waals surface area contributed by atoms with Crippen molar-refractivity contribution in [3.63, 3.8) is 0 Å². The van der Waals surface area contributed by atoms with Gasteiger partial charge in [0.15, 0.2) is 0 Å².